The van der Waals surface area contributed by atoms with Crippen molar-refractivity contribution in [1.29, 1.82) is 4.78 Å². The normalized spacial score (nSPS) is 9.78. The second kappa shape index (κ2) is 5.37. The van der Waals surface area contributed by atoms with Gasteiger partial charge < -0.3 is 0 Å². The minimum absolute atomic E-state index is 1.06. The van der Waals surface area contributed by atoms with Gasteiger partial charge in [0.05, 0.1) is 5.52 Å². The number of rotatable bonds is 0. The summed E-state index contributed by atoms with van der Waals surface area (Å²) < 4.78 is 22.8. The summed E-state index contributed by atoms with van der Waals surface area (Å²) in [6.07, 6.45) is 1.93. The maximum Gasteiger partial charge on any atom is 0.308 e. The van der Waals surface area contributed by atoms with Gasteiger partial charge in [-0.3, -0.25) is 4.98 Å². The predicted octanol–water partition coefficient (Wildman–Crippen LogP) is 3.02. The summed E-state index contributed by atoms with van der Waals surface area (Å²) in [6.45, 7) is 0. The number of aromatic nitrogens is 1. The highest BCUT2D eigenvalue weighted by atomic mass is 32.2. The number of pyridine rings is 1. The van der Waals surface area contributed by atoms with Crippen molar-refractivity contribution in [3.8, 4) is 0 Å². The van der Waals surface area contributed by atoms with E-state index in [0.29, 0.717) is 0 Å². The second-order valence-electron chi connectivity index (χ2n) is 3.60. The zero-order chi connectivity index (χ0) is 13.0. The Morgan fingerprint density at radius 3 is 2.17 bits per heavy atom. The molecule has 0 amide bonds. The van der Waals surface area contributed by atoms with Gasteiger partial charge in [-0.05, 0) is 11.5 Å². The summed E-state index contributed by atoms with van der Waals surface area (Å²) in [5, 5.41) is 3.70. The first-order valence-electron chi connectivity index (χ1n) is 5.21. The van der Waals surface area contributed by atoms with Gasteiger partial charge in [0.2, 0.25) is 0 Å². The van der Waals surface area contributed by atoms with Crippen LogP contribution in [0.5, 0.6) is 0 Å². The van der Waals surface area contributed by atoms with Crippen molar-refractivity contribution in [2.45, 2.75) is 0 Å². The quantitative estimate of drug-likeness (QED) is 0.630. The van der Waals surface area contributed by atoms with Crippen LogP contribution in [0.2, 0.25) is 0 Å². The van der Waals surface area contributed by atoms with Gasteiger partial charge >= 0.3 is 10.5 Å². The minimum atomic E-state index is -2.61. The standard InChI is InChI=1S/C13H9N.HNO2S/c1-2-6-11-10(5-1)9-14-13-8-4-3-7-12(11)13;1-4(2)3/h1-9H;1H. The molecule has 5 heteroatoms. The lowest BCUT2D eigenvalue weighted by molar-refractivity contribution is 0.620. The molecular formula is C13H10N2O2S. The summed E-state index contributed by atoms with van der Waals surface area (Å²) >= 11 is 0. The summed E-state index contributed by atoms with van der Waals surface area (Å²) in [5.74, 6) is 0. The molecule has 0 aliphatic carbocycles. The van der Waals surface area contributed by atoms with E-state index < -0.39 is 10.5 Å². The van der Waals surface area contributed by atoms with E-state index in [4.69, 9.17) is 13.2 Å². The molecule has 3 rings (SSSR count). The first-order chi connectivity index (χ1) is 8.68. The Kier molecular flexibility index (Phi) is 3.64. The van der Waals surface area contributed by atoms with E-state index in [-0.39, 0.29) is 0 Å². The Morgan fingerprint density at radius 2 is 1.44 bits per heavy atom. The van der Waals surface area contributed by atoms with Gasteiger partial charge in [-0.1, -0.05) is 42.5 Å². The number of nitrogens with zero attached hydrogens (tertiary/aromatic N) is 1. The molecule has 1 N–H and O–H groups in total. The molecule has 90 valence electrons. The van der Waals surface area contributed by atoms with Gasteiger partial charge in [0.25, 0.3) is 0 Å². The largest absolute Gasteiger partial charge is 0.308 e. The third kappa shape index (κ3) is 2.70. The summed E-state index contributed by atoms with van der Waals surface area (Å²) in [4.78, 5) is 4.41. The van der Waals surface area contributed by atoms with Gasteiger partial charge in [-0.2, -0.15) is 13.2 Å². The number of hydrogen-bond acceptors (Lipinski definition) is 4. The fourth-order valence-corrected chi connectivity index (χ4v) is 1.81. The van der Waals surface area contributed by atoms with Crippen molar-refractivity contribution in [1.82, 2.24) is 4.98 Å². The van der Waals surface area contributed by atoms with E-state index in [0.717, 1.165) is 5.52 Å². The lowest BCUT2D eigenvalue weighted by atomic mass is 10.1. The topological polar surface area (TPSA) is 70.9 Å². The highest BCUT2D eigenvalue weighted by Gasteiger charge is 1.98. The Balaban J connectivity index is 0.000000267. The van der Waals surface area contributed by atoms with Crippen molar-refractivity contribution in [2.24, 2.45) is 0 Å². The maximum absolute atomic E-state index is 8.67. The van der Waals surface area contributed by atoms with E-state index in [9.17, 15) is 0 Å². The monoisotopic (exact) mass is 258 g/mol. The average Bonchev–Trinajstić information content (AvgIpc) is 2.38. The molecule has 18 heavy (non-hydrogen) atoms. The number of para-hydroxylation sites is 1. The number of benzene rings is 2. The summed E-state index contributed by atoms with van der Waals surface area (Å²) in [6, 6.07) is 16.6. The fourth-order valence-electron chi connectivity index (χ4n) is 1.81. The molecule has 0 aliphatic heterocycles. The van der Waals surface area contributed by atoms with Crippen LogP contribution < -0.4 is 0 Å². The molecule has 0 atom stereocenters. The average molecular weight is 258 g/mol. The zero-order valence-corrected chi connectivity index (χ0v) is 10.2. The van der Waals surface area contributed by atoms with Gasteiger partial charge in [0, 0.05) is 17.0 Å². The van der Waals surface area contributed by atoms with Crippen LogP contribution in [0.25, 0.3) is 21.7 Å². The van der Waals surface area contributed by atoms with E-state index in [2.05, 4.69) is 35.3 Å². The molecule has 0 fully saturated rings. The van der Waals surface area contributed by atoms with Crippen LogP contribution >= 0.6 is 0 Å². The van der Waals surface area contributed by atoms with Crippen molar-refractivity contribution in [2.75, 3.05) is 0 Å². The van der Waals surface area contributed by atoms with Gasteiger partial charge in [-0.15, -0.1) is 0 Å². The van der Waals surface area contributed by atoms with Crippen molar-refractivity contribution in [3.05, 3.63) is 54.7 Å². The Labute approximate surface area is 105 Å². The lowest BCUT2D eigenvalue weighted by Gasteiger charge is -2.01. The molecule has 2 aromatic carbocycles. The molecule has 0 unspecified atom stereocenters. The van der Waals surface area contributed by atoms with E-state index in [1.165, 1.54) is 16.2 Å². The molecule has 4 nitrogen and oxygen atoms in total. The van der Waals surface area contributed by atoms with Crippen LogP contribution in [0.1, 0.15) is 0 Å². The van der Waals surface area contributed by atoms with Crippen molar-refractivity contribution in [3.63, 3.8) is 0 Å². The van der Waals surface area contributed by atoms with E-state index in [1.54, 1.807) is 0 Å². The Hall–Kier alpha value is -2.27. The zero-order valence-electron chi connectivity index (χ0n) is 9.37. The van der Waals surface area contributed by atoms with E-state index in [1.807, 2.05) is 24.4 Å². The Morgan fingerprint density at radius 1 is 0.889 bits per heavy atom. The number of hydrogen-bond donors (Lipinski definition) is 1. The van der Waals surface area contributed by atoms with Crippen LogP contribution in [0.15, 0.2) is 54.7 Å². The minimum Gasteiger partial charge on any atom is -0.256 e. The second-order valence-corrected chi connectivity index (χ2v) is 4.07. The first kappa shape index (κ1) is 12.2. The third-order valence-electron chi connectivity index (χ3n) is 2.50. The molecule has 0 saturated carbocycles. The third-order valence-corrected chi connectivity index (χ3v) is 2.50. The van der Waals surface area contributed by atoms with Crippen LogP contribution in [-0.4, -0.2) is 13.4 Å². The molecule has 0 spiro atoms. The van der Waals surface area contributed by atoms with Crippen molar-refractivity contribution >= 4 is 32.2 Å². The Bertz CT molecular complexity index is 737. The van der Waals surface area contributed by atoms with Crippen LogP contribution in [0.4, 0.5) is 0 Å². The molecular weight excluding hydrogens is 248 g/mol. The molecule has 0 aliphatic rings. The van der Waals surface area contributed by atoms with Crippen LogP contribution in [0.3, 0.4) is 0 Å². The smallest absolute Gasteiger partial charge is 0.256 e. The SMILES string of the molecule is N=S(=O)=O.c1ccc2c(c1)cnc1ccccc12. The fraction of sp³-hybridized carbons (Fsp3) is 0. The highest BCUT2D eigenvalue weighted by Crippen LogP contribution is 2.22. The first-order valence-corrected chi connectivity index (χ1v) is 6.29. The van der Waals surface area contributed by atoms with Crippen LogP contribution in [0, 0.1) is 4.78 Å². The number of fused-ring (bicyclic) bond motifs is 3. The van der Waals surface area contributed by atoms with Gasteiger partial charge in [-0.25, -0.2) is 0 Å². The van der Waals surface area contributed by atoms with E-state index >= 15 is 0 Å². The summed E-state index contributed by atoms with van der Waals surface area (Å²) in [7, 11) is -2.61. The molecule has 0 bridgehead atoms. The van der Waals surface area contributed by atoms with Crippen molar-refractivity contribution < 1.29 is 8.42 Å². The summed E-state index contributed by atoms with van der Waals surface area (Å²) in [5.41, 5.74) is 1.06. The number of nitrogens with one attached hydrogen (secondary N) is 1. The van der Waals surface area contributed by atoms with Crippen LogP contribution in [-0.2, 0) is 10.5 Å². The molecule has 1 heterocycles. The highest BCUT2D eigenvalue weighted by molar-refractivity contribution is 7.60. The predicted molar refractivity (Wildman–Crippen MR) is 70.9 cm³/mol. The molecule has 1 aromatic heterocycles. The van der Waals surface area contributed by atoms with Gasteiger partial charge in [0.1, 0.15) is 0 Å². The molecule has 0 saturated heterocycles. The maximum atomic E-state index is 8.67. The lowest BCUT2D eigenvalue weighted by Crippen LogP contribution is -1.80. The molecule has 0 radical (unpaired) electrons. The molecule has 3 aromatic rings. The van der Waals surface area contributed by atoms with Gasteiger partial charge in [0.15, 0.2) is 0 Å².